The zero-order valence-corrected chi connectivity index (χ0v) is 31.0. The Labute approximate surface area is 329 Å². The van der Waals surface area contributed by atoms with Crippen molar-refractivity contribution >= 4 is 17.1 Å². The summed E-state index contributed by atoms with van der Waals surface area (Å²) in [6.45, 7) is 0. The van der Waals surface area contributed by atoms with Crippen LogP contribution in [-0.4, -0.2) is 0 Å². The topological polar surface area (TPSA) is 3.24 Å². The van der Waals surface area contributed by atoms with E-state index >= 15 is 0 Å². The summed E-state index contributed by atoms with van der Waals surface area (Å²) in [5, 5.41) is 0. The first-order chi connectivity index (χ1) is 27.8. The number of hydrogen-bond donors (Lipinski definition) is 0. The molecule has 0 heterocycles. The molecule has 10 rings (SSSR count). The highest BCUT2D eigenvalue weighted by molar-refractivity contribution is 5.87. The van der Waals surface area contributed by atoms with E-state index < -0.39 is 5.41 Å². The lowest BCUT2D eigenvalue weighted by Gasteiger charge is -2.34. The van der Waals surface area contributed by atoms with Crippen LogP contribution in [0.25, 0.3) is 44.5 Å². The molecule has 0 saturated carbocycles. The molecule has 0 aromatic heterocycles. The van der Waals surface area contributed by atoms with E-state index in [1.165, 1.54) is 66.8 Å². The van der Waals surface area contributed by atoms with E-state index in [9.17, 15) is 0 Å². The number of benzene rings is 9. The summed E-state index contributed by atoms with van der Waals surface area (Å²) in [5.74, 6) is 0. The van der Waals surface area contributed by atoms with Crippen LogP contribution in [0.4, 0.5) is 17.1 Å². The zero-order chi connectivity index (χ0) is 37.3. The maximum atomic E-state index is 2.38. The highest BCUT2D eigenvalue weighted by atomic mass is 15.1. The maximum absolute atomic E-state index is 2.38. The molecule has 1 aliphatic carbocycles. The van der Waals surface area contributed by atoms with Crippen LogP contribution in [0.2, 0.25) is 0 Å². The fourth-order valence-electron chi connectivity index (χ4n) is 8.76. The Morgan fingerprint density at radius 2 is 0.625 bits per heavy atom. The summed E-state index contributed by atoms with van der Waals surface area (Å²) in [5.41, 5.74) is 17.8. The van der Waals surface area contributed by atoms with Gasteiger partial charge >= 0.3 is 0 Å². The average Bonchev–Trinajstić information content (AvgIpc) is 3.59. The second kappa shape index (κ2) is 14.2. The molecule has 0 aliphatic heterocycles. The zero-order valence-electron chi connectivity index (χ0n) is 31.0. The Morgan fingerprint density at radius 1 is 0.250 bits per heavy atom. The van der Waals surface area contributed by atoms with Gasteiger partial charge in [-0.2, -0.15) is 0 Å². The third kappa shape index (κ3) is 5.73. The van der Waals surface area contributed by atoms with E-state index in [1.807, 2.05) is 0 Å². The molecule has 0 saturated heterocycles. The van der Waals surface area contributed by atoms with Crippen molar-refractivity contribution in [2.24, 2.45) is 0 Å². The predicted octanol–water partition coefficient (Wildman–Crippen LogP) is 14.5. The number of hydrogen-bond acceptors (Lipinski definition) is 1. The molecule has 56 heavy (non-hydrogen) atoms. The summed E-state index contributed by atoms with van der Waals surface area (Å²) in [6, 6.07) is 86.1. The maximum Gasteiger partial charge on any atom is 0.0713 e. The third-order valence-corrected chi connectivity index (χ3v) is 11.4. The van der Waals surface area contributed by atoms with Gasteiger partial charge in [0.1, 0.15) is 0 Å². The van der Waals surface area contributed by atoms with E-state index in [0.717, 1.165) is 17.1 Å². The molecular weight excluding hydrogens is 675 g/mol. The van der Waals surface area contributed by atoms with E-state index in [4.69, 9.17) is 0 Å². The molecule has 9 aromatic carbocycles. The number of fused-ring (bicyclic) bond motifs is 3. The van der Waals surface area contributed by atoms with E-state index in [-0.39, 0.29) is 0 Å². The smallest absolute Gasteiger partial charge is 0.0713 e. The first-order valence-electron chi connectivity index (χ1n) is 19.3. The Kier molecular flexibility index (Phi) is 8.46. The SMILES string of the molecule is c1ccc(-c2ccc(-c3ccc(N(c4ccc(C5(c6ccccc6)c6ccccc6-c6ccccc65)cc4)c4cccc(-c5ccccc5)c4)cc3)cc2)cc1. The molecule has 0 bridgehead atoms. The molecule has 0 amide bonds. The summed E-state index contributed by atoms with van der Waals surface area (Å²) in [4.78, 5) is 2.38. The molecule has 1 nitrogen and oxygen atoms in total. The monoisotopic (exact) mass is 713 g/mol. The van der Waals surface area contributed by atoms with Gasteiger partial charge in [0.05, 0.1) is 5.41 Å². The van der Waals surface area contributed by atoms with Crippen molar-refractivity contribution in [1.82, 2.24) is 0 Å². The highest BCUT2D eigenvalue weighted by Crippen LogP contribution is 2.56. The largest absolute Gasteiger partial charge is 0.310 e. The van der Waals surface area contributed by atoms with Gasteiger partial charge in [-0.25, -0.2) is 0 Å². The van der Waals surface area contributed by atoms with E-state index in [2.05, 4.69) is 241 Å². The Morgan fingerprint density at radius 3 is 1.16 bits per heavy atom. The van der Waals surface area contributed by atoms with Crippen LogP contribution in [0.5, 0.6) is 0 Å². The highest BCUT2D eigenvalue weighted by Gasteiger charge is 2.45. The van der Waals surface area contributed by atoms with Crippen molar-refractivity contribution in [3.05, 3.63) is 259 Å². The molecule has 1 heteroatoms. The molecular formula is C55H39N. The van der Waals surface area contributed by atoms with Gasteiger partial charge in [0, 0.05) is 17.1 Å². The second-order valence-corrected chi connectivity index (χ2v) is 14.5. The molecule has 0 atom stereocenters. The molecule has 0 N–H and O–H groups in total. The van der Waals surface area contributed by atoms with Crippen LogP contribution in [0.15, 0.2) is 237 Å². The molecule has 0 radical (unpaired) electrons. The fraction of sp³-hybridized carbons (Fsp3) is 0.0182. The van der Waals surface area contributed by atoms with Crippen LogP contribution in [0.3, 0.4) is 0 Å². The van der Waals surface area contributed by atoms with Crippen molar-refractivity contribution in [3.8, 4) is 44.5 Å². The Bertz CT molecular complexity index is 2710. The van der Waals surface area contributed by atoms with Crippen molar-refractivity contribution in [2.75, 3.05) is 4.90 Å². The third-order valence-electron chi connectivity index (χ3n) is 11.4. The molecule has 0 unspecified atom stereocenters. The van der Waals surface area contributed by atoms with Crippen LogP contribution in [-0.2, 0) is 5.41 Å². The minimum atomic E-state index is -0.442. The van der Waals surface area contributed by atoms with Crippen molar-refractivity contribution in [3.63, 3.8) is 0 Å². The molecule has 264 valence electrons. The van der Waals surface area contributed by atoms with Crippen molar-refractivity contribution in [2.45, 2.75) is 5.41 Å². The lowest BCUT2D eigenvalue weighted by molar-refractivity contribution is 0.768. The minimum Gasteiger partial charge on any atom is -0.310 e. The Balaban J connectivity index is 1.08. The number of anilines is 3. The van der Waals surface area contributed by atoms with Gasteiger partial charge in [-0.1, -0.05) is 200 Å². The molecule has 1 aliphatic rings. The van der Waals surface area contributed by atoms with Gasteiger partial charge < -0.3 is 4.90 Å². The van der Waals surface area contributed by atoms with Crippen LogP contribution in [0, 0.1) is 0 Å². The second-order valence-electron chi connectivity index (χ2n) is 14.5. The summed E-state index contributed by atoms with van der Waals surface area (Å²) in [6.07, 6.45) is 0. The first-order valence-corrected chi connectivity index (χ1v) is 19.3. The van der Waals surface area contributed by atoms with Gasteiger partial charge in [0.25, 0.3) is 0 Å². The predicted molar refractivity (Wildman–Crippen MR) is 235 cm³/mol. The van der Waals surface area contributed by atoms with Gasteiger partial charge in [0.2, 0.25) is 0 Å². The summed E-state index contributed by atoms with van der Waals surface area (Å²) < 4.78 is 0. The lowest BCUT2D eigenvalue weighted by Crippen LogP contribution is -2.28. The fourth-order valence-corrected chi connectivity index (χ4v) is 8.76. The van der Waals surface area contributed by atoms with E-state index in [1.54, 1.807) is 0 Å². The van der Waals surface area contributed by atoms with Gasteiger partial charge in [-0.05, 0) is 103 Å². The molecule has 9 aromatic rings. The minimum absolute atomic E-state index is 0.442. The lowest BCUT2D eigenvalue weighted by atomic mass is 9.68. The van der Waals surface area contributed by atoms with Crippen molar-refractivity contribution < 1.29 is 0 Å². The quantitative estimate of drug-likeness (QED) is 0.152. The first kappa shape index (κ1) is 33.4. The Hall–Kier alpha value is -7.22. The molecule has 0 fully saturated rings. The normalized spacial score (nSPS) is 12.4. The van der Waals surface area contributed by atoms with E-state index in [0.29, 0.717) is 0 Å². The van der Waals surface area contributed by atoms with Crippen LogP contribution >= 0.6 is 0 Å². The van der Waals surface area contributed by atoms with Gasteiger partial charge in [-0.15, -0.1) is 0 Å². The number of rotatable bonds is 8. The average molecular weight is 714 g/mol. The summed E-state index contributed by atoms with van der Waals surface area (Å²) >= 11 is 0. The summed E-state index contributed by atoms with van der Waals surface area (Å²) in [7, 11) is 0. The van der Waals surface area contributed by atoms with Crippen molar-refractivity contribution in [1.29, 1.82) is 0 Å². The van der Waals surface area contributed by atoms with Crippen LogP contribution in [0.1, 0.15) is 22.3 Å². The van der Waals surface area contributed by atoms with Gasteiger partial charge in [0.15, 0.2) is 0 Å². The van der Waals surface area contributed by atoms with Gasteiger partial charge in [-0.3, -0.25) is 0 Å². The number of nitrogens with zero attached hydrogens (tertiary/aromatic N) is 1. The van der Waals surface area contributed by atoms with Crippen LogP contribution < -0.4 is 4.90 Å². The molecule has 0 spiro atoms. The standard InChI is InChI=1S/C55H39N/c1-4-15-40(16-5-1)42-27-29-43(30-28-42)44-31-35-48(36-32-44)56(50-22-14-19-45(39-50)41-17-6-2-7-18-41)49-37-33-47(34-38-49)55(46-20-8-3-9-21-46)53-25-12-10-23-51(53)52-24-11-13-26-54(52)55/h1-39H.